The van der Waals surface area contributed by atoms with Crippen molar-refractivity contribution in [3.8, 4) is 0 Å². The van der Waals surface area contributed by atoms with Gasteiger partial charge in [-0.15, -0.1) is 0 Å². The SMILES string of the molecule is CC(NC(=O)c1ccc(C2CCCCC2)cc1)C(=O)O. The summed E-state index contributed by atoms with van der Waals surface area (Å²) in [6.45, 7) is 1.45. The van der Waals surface area contributed by atoms with Crippen LogP contribution in [0.4, 0.5) is 0 Å². The molecule has 1 unspecified atom stereocenters. The minimum absolute atomic E-state index is 0.338. The number of carboxylic acid groups (broad SMARTS) is 1. The third-order valence-corrected chi connectivity index (χ3v) is 3.97. The number of benzene rings is 1. The first-order chi connectivity index (χ1) is 9.58. The predicted octanol–water partition coefficient (Wildman–Crippen LogP) is 2.94. The lowest BCUT2D eigenvalue weighted by Gasteiger charge is -2.22. The summed E-state index contributed by atoms with van der Waals surface area (Å²) in [6.07, 6.45) is 6.33. The summed E-state index contributed by atoms with van der Waals surface area (Å²) in [5.74, 6) is -0.758. The smallest absolute Gasteiger partial charge is 0.325 e. The highest BCUT2D eigenvalue weighted by molar-refractivity contribution is 5.96. The topological polar surface area (TPSA) is 66.4 Å². The minimum atomic E-state index is -1.03. The highest BCUT2D eigenvalue weighted by Gasteiger charge is 2.17. The number of hydrogen-bond acceptors (Lipinski definition) is 2. The van der Waals surface area contributed by atoms with E-state index in [9.17, 15) is 9.59 Å². The van der Waals surface area contributed by atoms with Crippen molar-refractivity contribution in [1.29, 1.82) is 0 Å². The lowest BCUT2D eigenvalue weighted by molar-refractivity contribution is -0.138. The van der Waals surface area contributed by atoms with E-state index in [1.54, 1.807) is 12.1 Å². The van der Waals surface area contributed by atoms with Gasteiger partial charge in [0.2, 0.25) is 0 Å². The van der Waals surface area contributed by atoms with Gasteiger partial charge in [0, 0.05) is 5.56 Å². The molecule has 1 aliphatic carbocycles. The molecule has 4 heteroatoms. The Hall–Kier alpha value is -1.84. The first-order valence-corrected chi connectivity index (χ1v) is 7.21. The summed E-state index contributed by atoms with van der Waals surface area (Å²) >= 11 is 0. The van der Waals surface area contributed by atoms with Gasteiger partial charge in [0.25, 0.3) is 5.91 Å². The molecule has 0 aliphatic heterocycles. The van der Waals surface area contributed by atoms with Crippen LogP contribution in [-0.2, 0) is 4.79 Å². The Kier molecular flexibility index (Phi) is 4.77. The molecule has 1 aromatic rings. The fraction of sp³-hybridized carbons (Fsp3) is 0.500. The average Bonchev–Trinajstić information content (AvgIpc) is 2.48. The molecule has 1 amide bonds. The first-order valence-electron chi connectivity index (χ1n) is 7.21. The van der Waals surface area contributed by atoms with Gasteiger partial charge in [-0.05, 0) is 43.4 Å². The van der Waals surface area contributed by atoms with E-state index in [-0.39, 0.29) is 5.91 Å². The van der Waals surface area contributed by atoms with E-state index < -0.39 is 12.0 Å². The van der Waals surface area contributed by atoms with Crippen molar-refractivity contribution in [2.75, 3.05) is 0 Å². The van der Waals surface area contributed by atoms with Crippen molar-refractivity contribution >= 4 is 11.9 Å². The van der Waals surface area contributed by atoms with Crippen LogP contribution in [0.3, 0.4) is 0 Å². The molecular formula is C16H21NO3. The van der Waals surface area contributed by atoms with Crippen LogP contribution in [0.15, 0.2) is 24.3 Å². The summed E-state index contributed by atoms with van der Waals surface area (Å²) in [6, 6.07) is 6.69. The molecule has 1 saturated carbocycles. The van der Waals surface area contributed by atoms with E-state index in [0.29, 0.717) is 11.5 Å². The molecule has 1 aromatic carbocycles. The molecular weight excluding hydrogens is 254 g/mol. The Morgan fingerprint density at radius 3 is 2.30 bits per heavy atom. The van der Waals surface area contributed by atoms with Gasteiger partial charge in [0.05, 0.1) is 0 Å². The quantitative estimate of drug-likeness (QED) is 0.887. The molecule has 0 spiro atoms. The van der Waals surface area contributed by atoms with Gasteiger partial charge < -0.3 is 10.4 Å². The number of carboxylic acids is 1. The molecule has 0 radical (unpaired) electrons. The van der Waals surface area contributed by atoms with Gasteiger partial charge in [0.15, 0.2) is 0 Å². The second-order valence-corrected chi connectivity index (χ2v) is 5.49. The monoisotopic (exact) mass is 275 g/mol. The van der Waals surface area contributed by atoms with Crippen LogP contribution in [0.1, 0.15) is 60.9 Å². The fourth-order valence-electron chi connectivity index (χ4n) is 2.68. The number of carbonyl (C=O) groups excluding carboxylic acids is 1. The Morgan fingerprint density at radius 2 is 1.75 bits per heavy atom. The van der Waals surface area contributed by atoms with Crippen LogP contribution in [-0.4, -0.2) is 23.0 Å². The van der Waals surface area contributed by atoms with E-state index in [2.05, 4.69) is 5.32 Å². The van der Waals surface area contributed by atoms with E-state index in [4.69, 9.17) is 5.11 Å². The normalized spacial score (nSPS) is 17.4. The first kappa shape index (κ1) is 14.6. The number of nitrogens with one attached hydrogen (secondary N) is 1. The van der Waals surface area contributed by atoms with Gasteiger partial charge in [-0.3, -0.25) is 9.59 Å². The zero-order chi connectivity index (χ0) is 14.5. The number of rotatable bonds is 4. The number of amides is 1. The molecule has 108 valence electrons. The van der Waals surface area contributed by atoms with Crippen LogP contribution in [0, 0.1) is 0 Å². The van der Waals surface area contributed by atoms with E-state index in [1.165, 1.54) is 44.6 Å². The van der Waals surface area contributed by atoms with Crippen molar-refractivity contribution in [3.05, 3.63) is 35.4 Å². The van der Waals surface area contributed by atoms with Gasteiger partial charge in [-0.1, -0.05) is 31.4 Å². The largest absolute Gasteiger partial charge is 0.480 e. The number of aliphatic carboxylic acids is 1. The molecule has 0 saturated heterocycles. The number of carbonyl (C=O) groups is 2. The second kappa shape index (κ2) is 6.55. The molecule has 4 nitrogen and oxygen atoms in total. The average molecular weight is 275 g/mol. The van der Waals surface area contributed by atoms with Crippen molar-refractivity contribution in [2.24, 2.45) is 0 Å². The van der Waals surface area contributed by atoms with Crippen LogP contribution >= 0.6 is 0 Å². The molecule has 0 aromatic heterocycles. The third kappa shape index (κ3) is 3.59. The van der Waals surface area contributed by atoms with E-state index in [1.807, 2.05) is 12.1 Å². The van der Waals surface area contributed by atoms with Gasteiger partial charge >= 0.3 is 5.97 Å². The summed E-state index contributed by atoms with van der Waals surface area (Å²) in [5.41, 5.74) is 1.80. The zero-order valence-electron chi connectivity index (χ0n) is 11.8. The molecule has 1 aliphatic rings. The van der Waals surface area contributed by atoms with Crippen molar-refractivity contribution < 1.29 is 14.7 Å². The Morgan fingerprint density at radius 1 is 1.15 bits per heavy atom. The van der Waals surface area contributed by atoms with Crippen molar-refractivity contribution in [1.82, 2.24) is 5.32 Å². The van der Waals surface area contributed by atoms with Gasteiger partial charge in [0.1, 0.15) is 6.04 Å². The summed E-state index contributed by atoms with van der Waals surface area (Å²) in [5, 5.41) is 11.2. The highest BCUT2D eigenvalue weighted by atomic mass is 16.4. The van der Waals surface area contributed by atoms with Crippen LogP contribution in [0.5, 0.6) is 0 Å². The Balaban J connectivity index is 2.00. The standard InChI is InChI=1S/C16H21NO3/c1-11(16(19)20)17-15(18)14-9-7-13(8-10-14)12-5-3-2-4-6-12/h7-12H,2-6H2,1H3,(H,17,18)(H,19,20). The van der Waals surface area contributed by atoms with Crippen LogP contribution in [0.25, 0.3) is 0 Å². The third-order valence-electron chi connectivity index (χ3n) is 3.97. The Labute approximate surface area is 119 Å². The molecule has 0 bridgehead atoms. The van der Waals surface area contributed by atoms with Crippen molar-refractivity contribution in [2.45, 2.75) is 51.0 Å². The lowest BCUT2D eigenvalue weighted by atomic mass is 9.84. The number of hydrogen-bond donors (Lipinski definition) is 2. The van der Waals surface area contributed by atoms with Gasteiger partial charge in [-0.25, -0.2) is 0 Å². The molecule has 2 rings (SSSR count). The maximum absolute atomic E-state index is 11.9. The maximum atomic E-state index is 11.9. The molecule has 1 atom stereocenters. The lowest BCUT2D eigenvalue weighted by Crippen LogP contribution is -2.38. The van der Waals surface area contributed by atoms with E-state index in [0.717, 1.165) is 0 Å². The molecule has 0 heterocycles. The van der Waals surface area contributed by atoms with Crippen LogP contribution in [0.2, 0.25) is 0 Å². The van der Waals surface area contributed by atoms with E-state index >= 15 is 0 Å². The molecule has 20 heavy (non-hydrogen) atoms. The Bertz CT molecular complexity index is 475. The molecule has 2 N–H and O–H groups in total. The zero-order valence-corrected chi connectivity index (χ0v) is 11.8. The fourth-order valence-corrected chi connectivity index (χ4v) is 2.68. The maximum Gasteiger partial charge on any atom is 0.325 e. The predicted molar refractivity (Wildman–Crippen MR) is 76.8 cm³/mol. The summed E-state index contributed by atoms with van der Waals surface area (Å²) in [7, 11) is 0. The van der Waals surface area contributed by atoms with Crippen molar-refractivity contribution in [3.63, 3.8) is 0 Å². The van der Waals surface area contributed by atoms with Gasteiger partial charge in [-0.2, -0.15) is 0 Å². The second-order valence-electron chi connectivity index (χ2n) is 5.49. The summed E-state index contributed by atoms with van der Waals surface area (Å²) < 4.78 is 0. The minimum Gasteiger partial charge on any atom is -0.480 e. The molecule has 1 fully saturated rings. The summed E-state index contributed by atoms with van der Waals surface area (Å²) in [4.78, 5) is 22.6. The highest BCUT2D eigenvalue weighted by Crippen LogP contribution is 2.32. The van der Waals surface area contributed by atoms with Crippen LogP contribution < -0.4 is 5.32 Å².